The second kappa shape index (κ2) is 4.97. The van der Waals surface area contributed by atoms with E-state index in [0.29, 0.717) is 23.7 Å². The Morgan fingerprint density at radius 1 is 1.45 bits per heavy atom. The van der Waals surface area contributed by atoms with Crippen LogP contribution < -0.4 is 10.5 Å². The number of fused-ring (bicyclic) bond motifs is 1. The van der Waals surface area contributed by atoms with E-state index >= 15 is 0 Å². The first-order valence-electron chi connectivity index (χ1n) is 6.07. The van der Waals surface area contributed by atoms with Crippen molar-refractivity contribution in [2.24, 2.45) is 12.8 Å². The molecule has 2 N–H and O–H groups in total. The van der Waals surface area contributed by atoms with E-state index in [1.807, 2.05) is 37.5 Å². The van der Waals surface area contributed by atoms with E-state index in [9.17, 15) is 0 Å². The molecule has 0 aliphatic heterocycles. The van der Waals surface area contributed by atoms with Gasteiger partial charge in [-0.2, -0.15) is 5.10 Å². The van der Waals surface area contributed by atoms with Crippen LogP contribution >= 0.6 is 12.2 Å². The van der Waals surface area contributed by atoms with Gasteiger partial charge in [0.25, 0.3) is 0 Å². The number of nitrogens with zero attached hydrogens (tertiary/aromatic N) is 2. The van der Waals surface area contributed by atoms with Gasteiger partial charge in [0.1, 0.15) is 17.2 Å². The van der Waals surface area contributed by atoms with Gasteiger partial charge in [-0.05, 0) is 12.1 Å². The number of aryl methyl sites for hydroxylation is 1. The highest BCUT2D eigenvalue weighted by Gasteiger charge is 2.17. The van der Waals surface area contributed by atoms with Gasteiger partial charge in [0.2, 0.25) is 5.76 Å². The SMILES string of the molecule is Cn1cc(COc2c(C(N)=S)oc3ccccc23)cn1. The summed E-state index contributed by atoms with van der Waals surface area (Å²) in [4.78, 5) is 0.183. The average molecular weight is 287 g/mol. The minimum atomic E-state index is 0.183. The molecule has 0 saturated heterocycles. The van der Waals surface area contributed by atoms with Crippen molar-refractivity contribution in [3.63, 3.8) is 0 Å². The minimum absolute atomic E-state index is 0.183. The fraction of sp³-hybridized carbons (Fsp3) is 0.143. The van der Waals surface area contributed by atoms with Gasteiger partial charge in [0.05, 0.1) is 11.6 Å². The number of thiocarbonyl (C=S) groups is 1. The molecule has 20 heavy (non-hydrogen) atoms. The smallest absolute Gasteiger partial charge is 0.204 e. The molecular weight excluding hydrogens is 274 g/mol. The number of hydrogen-bond acceptors (Lipinski definition) is 4. The summed E-state index contributed by atoms with van der Waals surface area (Å²) >= 11 is 5.01. The summed E-state index contributed by atoms with van der Waals surface area (Å²) in [5, 5.41) is 4.96. The quantitative estimate of drug-likeness (QED) is 0.746. The molecule has 3 aromatic rings. The van der Waals surface area contributed by atoms with Gasteiger partial charge in [-0.25, -0.2) is 0 Å². The Labute approximate surface area is 120 Å². The van der Waals surface area contributed by atoms with Crippen LogP contribution in [0.2, 0.25) is 0 Å². The van der Waals surface area contributed by atoms with Gasteiger partial charge in [-0.3, -0.25) is 4.68 Å². The monoisotopic (exact) mass is 287 g/mol. The van der Waals surface area contributed by atoms with Crippen LogP contribution in [-0.2, 0) is 13.7 Å². The zero-order valence-electron chi connectivity index (χ0n) is 10.9. The van der Waals surface area contributed by atoms with E-state index in [1.54, 1.807) is 10.9 Å². The summed E-state index contributed by atoms with van der Waals surface area (Å²) in [6.07, 6.45) is 3.64. The van der Waals surface area contributed by atoms with Crippen LogP contribution in [0.1, 0.15) is 11.3 Å². The highest BCUT2D eigenvalue weighted by Crippen LogP contribution is 2.33. The number of para-hydroxylation sites is 1. The van der Waals surface area contributed by atoms with Crippen molar-refractivity contribution in [2.45, 2.75) is 6.61 Å². The van der Waals surface area contributed by atoms with Crippen LogP contribution in [0.15, 0.2) is 41.1 Å². The van der Waals surface area contributed by atoms with E-state index in [-0.39, 0.29) is 4.99 Å². The van der Waals surface area contributed by atoms with E-state index in [0.717, 1.165) is 10.9 Å². The van der Waals surface area contributed by atoms with Gasteiger partial charge in [0, 0.05) is 18.8 Å². The van der Waals surface area contributed by atoms with Crippen molar-refractivity contribution in [3.8, 4) is 5.75 Å². The summed E-state index contributed by atoms with van der Waals surface area (Å²) in [5.74, 6) is 0.988. The maximum absolute atomic E-state index is 5.84. The Kier molecular flexibility index (Phi) is 3.15. The molecule has 3 rings (SSSR count). The number of hydrogen-bond donors (Lipinski definition) is 1. The first-order chi connectivity index (χ1) is 9.65. The Hall–Kier alpha value is -2.34. The highest BCUT2D eigenvalue weighted by atomic mass is 32.1. The number of rotatable bonds is 4. The molecular formula is C14H13N3O2S. The van der Waals surface area contributed by atoms with Gasteiger partial charge >= 0.3 is 0 Å². The summed E-state index contributed by atoms with van der Waals surface area (Å²) < 4.78 is 13.2. The predicted molar refractivity (Wildman–Crippen MR) is 79.6 cm³/mol. The third-order valence-electron chi connectivity index (χ3n) is 2.92. The van der Waals surface area contributed by atoms with E-state index in [4.69, 9.17) is 27.1 Å². The maximum atomic E-state index is 5.84. The second-order valence-electron chi connectivity index (χ2n) is 4.43. The number of nitrogens with two attached hydrogens (primary N) is 1. The van der Waals surface area contributed by atoms with Gasteiger partial charge in [-0.15, -0.1) is 0 Å². The van der Waals surface area contributed by atoms with Crippen LogP contribution in [0.25, 0.3) is 11.0 Å². The molecule has 0 atom stereocenters. The van der Waals surface area contributed by atoms with Gasteiger partial charge in [0.15, 0.2) is 5.75 Å². The number of furan rings is 1. The summed E-state index contributed by atoms with van der Waals surface area (Å²) in [6, 6.07) is 7.57. The maximum Gasteiger partial charge on any atom is 0.204 e. The van der Waals surface area contributed by atoms with Crippen molar-refractivity contribution in [2.75, 3.05) is 0 Å². The van der Waals surface area contributed by atoms with Crippen LogP contribution in [-0.4, -0.2) is 14.8 Å². The molecule has 2 aromatic heterocycles. The lowest BCUT2D eigenvalue weighted by Gasteiger charge is -2.04. The molecule has 102 valence electrons. The van der Waals surface area contributed by atoms with Gasteiger partial charge in [-0.1, -0.05) is 24.4 Å². The lowest BCUT2D eigenvalue weighted by Crippen LogP contribution is -2.10. The zero-order valence-corrected chi connectivity index (χ0v) is 11.7. The average Bonchev–Trinajstić information content (AvgIpc) is 3.00. The summed E-state index contributed by atoms with van der Waals surface area (Å²) in [6.45, 7) is 0.382. The third-order valence-corrected chi connectivity index (χ3v) is 3.10. The van der Waals surface area contributed by atoms with Gasteiger partial charge < -0.3 is 14.9 Å². The predicted octanol–water partition coefficient (Wildman–Crippen LogP) is 2.38. The molecule has 1 aromatic carbocycles. The standard InChI is InChI=1S/C14H13N3O2S/c1-17-7-9(6-16-17)8-18-12-10-4-2-3-5-11(10)19-13(12)14(15)20/h2-7H,8H2,1H3,(H2,15,20). The lowest BCUT2D eigenvalue weighted by atomic mass is 10.2. The minimum Gasteiger partial charge on any atom is -0.484 e. The van der Waals surface area contributed by atoms with Crippen molar-refractivity contribution in [1.82, 2.24) is 9.78 Å². The molecule has 6 heteroatoms. The molecule has 0 fully saturated rings. The molecule has 0 unspecified atom stereocenters. The number of benzene rings is 1. The largest absolute Gasteiger partial charge is 0.484 e. The Morgan fingerprint density at radius 2 is 2.25 bits per heavy atom. The van der Waals surface area contributed by atoms with Crippen molar-refractivity contribution < 1.29 is 9.15 Å². The molecule has 0 amide bonds. The normalized spacial score (nSPS) is 10.8. The van der Waals surface area contributed by atoms with E-state index in [2.05, 4.69) is 5.10 Å². The molecule has 0 saturated carbocycles. The summed E-state index contributed by atoms with van der Waals surface area (Å²) in [7, 11) is 1.86. The topological polar surface area (TPSA) is 66.2 Å². The zero-order chi connectivity index (χ0) is 14.1. The molecule has 0 spiro atoms. The fourth-order valence-electron chi connectivity index (χ4n) is 2.03. The third kappa shape index (κ3) is 2.25. The molecule has 2 heterocycles. The van der Waals surface area contributed by atoms with Crippen LogP contribution in [0.3, 0.4) is 0 Å². The Balaban J connectivity index is 1.96. The van der Waals surface area contributed by atoms with Crippen molar-refractivity contribution >= 4 is 28.2 Å². The highest BCUT2D eigenvalue weighted by molar-refractivity contribution is 7.80. The van der Waals surface area contributed by atoms with Crippen LogP contribution in [0, 0.1) is 0 Å². The summed E-state index contributed by atoms with van der Waals surface area (Å²) in [5.41, 5.74) is 7.36. The fourth-order valence-corrected chi connectivity index (χ4v) is 2.16. The number of ether oxygens (including phenoxy) is 1. The molecule has 0 radical (unpaired) electrons. The first kappa shape index (κ1) is 12.7. The van der Waals surface area contributed by atoms with Crippen molar-refractivity contribution in [1.29, 1.82) is 0 Å². The molecule has 0 bridgehead atoms. The first-order valence-corrected chi connectivity index (χ1v) is 6.47. The molecule has 0 aliphatic carbocycles. The van der Waals surface area contributed by atoms with E-state index in [1.165, 1.54) is 0 Å². The van der Waals surface area contributed by atoms with Crippen LogP contribution in [0.5, 0.6) is 5.75 Å². The lowest BCUT2D eigenvalue weighted by molar-refractivity contribution is 0.304. The molecule has 5 nitrogen and oxygen atoms in total. The second-order valence-corrected chi connectivity index (χ2v) is 4.87. The molecule has 0 aliphatic rings. The van der Waals surface area contributed by atoms with Crippen molar-refractivity contribution in [3.05, 3.63) is 48.0 Å². The Bertz CT molecular complexity index is 776. The Morgan fingerprint density at radius 3 is 2.95 bits per heavy atom. The number of aromatic nitrogens is 2. The van der Waals surface area contributed by atoms with Crippen LogP contribution in [0.4, 0.5) is 0 Å². The van der Waals surface area contributed by atoms with E-state index < -0.39 is 0 Å².